The van der Waals surface area contributed by atoms with E-state index in [0.717, 1.165) is 24.3 Å². The van der Waals surface area contributed by atoms with E-state index in [4.69, 9.17) is 32.3 Å². The van der Waals surface area contributed by atoms with Crippen LogP contribution < -0.4 is 41.0 Å². The Labute approximate surface area is 397 Å². The van der Waals surface area contributed by atoms with Crippen LogP contribution in [-0.4, -0.2) is 127 Å². The van der Waals surface area contributed by atoms with E-state index in [1.807, 2.05) is 9.82 Å². The average Bonchev–Trinajstić information content (AvgIpc) is 3.24. The third-order valence-electron chi connectivity index (χ3n) is 7.13. The van der Waals surface area contributed by atoms with Gasteiger partial charge in [-0.2, -0.15) is 87.1 Å². The van der Waals surface area contributed by atoms with Gasteiger partial charge in [-0.15, -0.1) is 0 Å². The number of aryl methyl sites for hydroxylation is 2. The summed E-state index contributed by atoms with van der Waals surface area (Å²) in [5, 5.41) is 20.1. The van der Waals surface area contributed by atoms with Crippen LogP contribution in [0.3, 0.4) is 0 Å². The molecular weight excluding hydrogens is 1030 g/mol. The fourth-order valence-corrected chi connectivity index (χ4v) is 4.88. The summed E-state index contributed by atoms with van der Waals surface area (Å²) >= 11 is 0. The van der Waals surface area contributed by atoms with Gasteiger partial charge in [0.1, 0.15) is 26.4 Å². The molecule has 0 atom stereocenters. The van der Waals surface area contributed by atoms with Gasteiger partial charge in [-0.05, 0) is 49.2 Å². The number of aliphatic hydroxyl groups is 2. The van der Waals surface area contributed by atoms with Crippen LogP contribution in [0.1, 0.15) is 12.6 Å². The second kappa shape index (κ2) is 29.2. The zero-order chi connectivity index (χ0) is 53.6. The summed E-state index contributed by atoms with van der Waals surface area (Å²) in [6.45, 7) is -11.2. The van der Waals surface area contributed by atoms with Gasteiger partial charge >= 0.3 is 76.9 Å². The molecule has 2 aromatic carbocycles. The van der Waals surface area contributed by atoms with E-state index < -0.39 is 130 Å². The molecule has 0 radical (unpaired) electrons. The van der Waals surface area contributed by atoms with E-state index in [0.29, 0.717) is 11.1 Å². The molecule has 6 N–H and O–H groups in total. The molecule has 0 aliphatic carbocycles. The van der Waals surface area contributed by atoms with Crippen LogP contribution in [-0.2, 0) is 28.6 Å². The Morgan fingerprint density at radius 1 is 0.515 bits per heavy atom. The normalized spacial score (nSPS) is 12.4. The standard InChI is InChI=1S/C18H18F4O6S2.C4H4F4N6.C4H8F4N2.C4H6F4O2.N3.Na.H2/c1-13-3-7-15(8-4-13)29(23,24)27-11-17(19,20)18(21,22)12-28-30(25,26)16-9-5-14(2)6-10-16;5-3(6,1-11-13-9)4(7,8)2-12-14-10;2*5-3(6,1-9)4(7,8)2-10;1-3-2;;/h3-10H,11-12H2,1-2H3;1-2H2;1-2,9-10H2;9-10H,1-2H2;;;1H/q;;;;-1;+1;. The predicted molar refractivity (Wildman–Crippen MR) is 201 cm³/mol. The van der Waals surface area contributed by atoms with Gasteiger partial charge in [-0.1, -0.05) is 45.6 Å². The number of hydrogen-bond donors (Lipinski definition) is 4. The summed E-state index contributed by atoms with van der Waals surface area (Å²) in [5.74, 6) is -36.6. The molecule has 0 saturated heterocycles. The van der Waals surface area contributed by atoms with Gasteiger partial charge in [0.2, 0.25) is 0 Å². The van der Waals surface area contributed by atoms with Crippen molar-refractivity contribution in [3.8, 4) is 0 Å². The van der Waals surface area contributed by atoms with Crippen LogP contribution in [0.25, 0.3) is 36.9 Å². The largest absolute Gasteiger partial charge is 1.00 e. The minimum Gasteiger partial charge on any atom is -0.390 e. The van der Waals surface area contributed by atoms with Gasteiger partial charge in [0.15, 0.2) is 0 Å². The van der Waals surface area contributed by atoms with Crippen LogP contribution in [0.5, 0.6) is 0 Å². The molecule has 0 unspecified atom stereocenters. The second-order valence-electron chi connectivity index (χ2n) is 12.3. The monoisotopic (exact) mass is 1070 g/mol. The molecule has 386 valence electrons. The molecule has 0 aromatic heterocycles. The van der Waals surface area contributed by atoms with Crippen molar-refractivity contribution in [2.75, 3.05) is 52.6 Å². The first-order valence-electron chi connectivity index (χ1n) is 16.8. The number of benzene rings is 2. The molecular formula is C30H38F16N11NaO8S2. The van der Waals surface area contributed by atoms with Gasteiger partial charge in [0.25, 0.3) is 20.2 Å². The number of hydrogen-bond acceptors (Lipinski definition) is 12. The fraction of sp³-hybridized carbons (Fsp3) is 0.600. The number of rotatable bonds is 20. The molecule has 0 aliphatic heterocycles. The summed E-state index contributed by atoms with van der Waals surface area (Å²) in [6, 6.07) is 9.74. The van der Waals surface area contributed by atoms with E-state index in [-0.39, 0.29) is 31.0 Å². The summed E-state index contributed by atoms with van der Waals surface area (Å²) in [6.07, 6.45) is 0. The number of alkyl halides is 16. The molecule has 0 aliphatic rings. The van der Waals surface area contributed by atoms with E-state index >= 15 is 0 Å². The first-order valence-corrected chi connectivity index (χ1v) is 19.6. The van der Waals surface area contributed by atoms with Gasteiger partial charge in [0.05, 0.1) is 36.0 Å². The zero-order valence-electron chi connectivity index (χ0n) is 34.7. The number of nitrogens with zero attached hydrogens (tertiary/aromatic N) is 9. The molecule has 0 heterocycles. The van der Waals surface area contributed by atoms with Gasteiger partial charge in [-0.3, -0.25) is 13.3 Å². The van der Waals surface area contributed by atoms with Crippen molar-refractivity contribution in [2.24, 2.45) is 21.7 Å². The molecule has 38 heteroatoms. The Bertz CT molecular complexity index is 2020. The summed E-state index contributed by atoms with van der Waals surface area (Å²) in [5.41, 5.74) is 39.0. The van der Waals surface area contributed by atoms with Crippen LogP contribution in [0.2, 0.25) is 0 Å². The van der Waals surface area contributed by atoms with Gasteiger partial charge in [0, 0.05) is 11.3 Å². The van der Waals surface area contributed by atoms with E-state index in [2.05, 4.69) is 30.1 Å². The van der Waals surface area contributed by atoms with Crippen LogP contribution in [0.15, 0.2) is 68.6 Å². The van der Waals surface area contributed by atoms with Crippen molar-refractivity contribution < 1.29 is 137 Å². The van der Waals surface area contributed by atoms with Crippen molar-refractivity contribution in [1.29, 1.82) is 0 Å². The quantitative estimate of drug-likeness (QED) is 0.0340. The molecule has 2 rings (SSSR count). The maximum atomic E-state index is 13.9. The van der Waals surface area contributed by atoms with Gasteiger partial charge < -0.3 is 32.7 Å². The molecule has 19 nitrogen and oxygen atoms in total. The number of azide groups is 2. The molecule has 0 bridgehead atoms. The van der Waals surface area contributed by atoms with Crippen molar-refractivity contribution in [2.45, 2.75) is 71.0 Å². The van der Waals surface area contributed by atoms with Crippen LogP contribution in [0.4, 0.5) is 70.2 Å². The first kappa shape index (κ1) is 70.5. The third-order valence-corrected chi connectivity index (χ3v) is 9.68. The molecule has 0 spiro atoms. The SMILES string of the molecule is Cc1ccc(S(=O)(=O)OCC(F)(F)C(F)(F)COS(=O)(=O)c2ccc(C)cc2)cc1.NCC(F)(F)C(F)(F)CN.OCC(F)(F)C(F)(F)CO.[HH].[N-]=[N+]=NCC(F)(F)C(F)(F)CN=[N+]=[N-].[N-]=[N+]=[N-].[Na+]. The van der Waals surface area contributed by atoms with Crippen LogP contribution in [0, 0.1) is 13.8 Å². The zero-order valence-corrected chi connectivity index (χ0v) is 38.3. The summed E-state index contributed by atoms with van der Waals surface area (Å²) < 4.78 is 257. The Morgan fingerprint density at radius 2 is 0.750 bits per heavy atom. The molecule has 2 aromatic rings. The van der Waals surface area contributed by atoms with Crippen LogP contribution >= 0.6 is 0 Å². The maximum absolute atomic E-state index is 13.9. The summed E-state index contributed by atoms with van der Waals surface area (Å²) in [4.78, 5) is 4.36. The Balaban J connectivity index is -0.000000292. The average molecular weight is 1070 g/mol. The minimum absolute atomic E-state index is 0. The molecule has 0 saturated carbocycles. The van der Waals surface area contributed by atoms with E-state index in [1.54, 1.807) is 13.8 Å². The summed E-state index contributed by atoms with van der Waals surface area (Å²) in [7, 11) is -9.47. The molecule has 0 amide bonds. The van der Waals surface area contributed by atoms with E-state index in [1.165, 1.54) is 29.2 Å². The Morgan fingerprint density at radius 3 is 0.941 bits per heavy atom. The first-order chi connectivity index (χ1) is 30.2. The Kier molecular flexibility index (Phi) is 30.2. The van der Waals surface area contributed by atoms with Gasteiger partial charge in [-0.25, -0.2) is 0 Å². The number of halogens is 16. The fourth-order valence-electron chi connectivity index (χ4n) is 3.06. The molecule has 0 fully saturated rings. The smallest absolute Gasteiger partial charge is 0.390 e. The number of nitrogens with two attached hydrogens (primary N) is 2. The topological polar surface area (TPSA) is 335 Å². The third kappa shape index (κ3) is 23.0. The Hall–Kier alpha value is -4.09. The van der Waals surface area contributed by atoms with Crippen molar-refractivity contribution in [3.05, 3.63) is 96.5 Å². The second-order valence-corrected chi connectivity index (χ2v) is 15.5. The minimum atomic E-state index is -5.03. The predicted octanol–water partition coefficient (Wildman–Crippen LogP) is 5.09. The van der Waals surface area contributed by atoms with E-state index in [9.17, 15) is 87.1 Å². The molecule has 68 heavy (non-hydrogen) atoms. The van der Waals surface area contributed by atoms with Crippen molar-refractivity contribution >= 4 is 20.2 Å². The van der Waals surface area contributed by atoms with Crippen molar-refractivity contribution in [1.82, 2.24) is 0 Å². The number of aliphatic hydroxyl groups excluding tert-OH is 2. The van der Waals surface area contributed by atoms with Crippen molar-refractivity contribution in [3.63, 3.8) is 0 Å². The maximum Gasteiger partial charge on any atom is 1.00 e.